The van der Waals surface area contributed by atoms with Crippen molar-refractivity contribution in [1.29, 1.82) is 0 Å². The minimum Gasteiger partial charge on any atom is -0.358 e. The molecule has 1 aromatic rings. The quantitative estimate of drug-likeness (QED) is 0.620. The van der Waals surface area contributed by atoms with Crippen LogP contribution < -0.4 is 5.32 Å². The number of nitrogens with one attached hydrogen (secondary N) is 1. The highest BCUT2D eigenvalue weighted by Gasteiger charge is 2.29. The van der Waals surface area contributed by atoms with Crippen LogP contribution in [-0.2, 0) is 7.05 Å². The van der Waals surface area contributed by atoms with E-state index in [1.165, 1.54) is 7.05 Å². The first-order valence-electron chi connectivity index (χ1n) is 3.77. The maximum Gasteiger partial charge on any atom is 0.406 e. The second kappa shape index (κ2) is 3.75. The fourth-order valence-corrected chi connectivity index (χ4v) is 0.939. The van der Waals surface area contributed by atoms with Crippen LogP contribution in [0.2, 0.25) is 0 Å². The molecular weight excluding hydrogens is 217 g/mol. The Kier molecular flexibility index (Phi) is 2.82. The van der Waals surface area contributed by atoms with Gasteiger partial charge in [-0.05, 0) is 9.91 Å². The van der Waals surface area contributed by atoms with Gasteiger partial charge in [-0.2, -0.15) is 13.2 Å². The van der Waals surface area contributed by atoms with Gasteiger partial charge in [0.05, 0.1) is 0 Å². The van der Waals surface area contributed by atoms with E-state index in [1.807, 2.05) is 5.32 Å². The number of imidazole rings is 1. The average Bonchev–Trinajstić information content (AvgIpc) is 2.42. The van der Waals surface area contributed by atoms with E-state index in [4.69, 9.17) is 0 Å². The minimum absolute atomic E-state index is 0.266. The van der Waals surface area contributed by atoms with Crippen LogP contribution in [0.3, 0.4) is 0 Å². The molecular formula is C6H7F3N4O2. The Morgan fingerprint density at radius 1 is 1.67 bits per heavy atom. The summed E-state index contributed by atoms with van der Waals surface area (Å²) in [6.07, 6.45) is -3.37. The monoisotopic (exact) mass is 224 g/mol. The Hall–Kier alpha value is -1.80. The van der Waals surface area contributed by atoms with Crippen molar-refractivity contribution < 1.29 is 18.1 Å². The van der Waals surface area contributed by atoms with E-state index >= 15 is 0 Å². The molecule has 1 rings (SSSR count). The lowest BCUT2D eigenvalue weighted by Gasteiger charge is -2.08. The van der Waals surface area contributed by atoms with E-state index in [9.17, 15) is 23.3 Å². The third kappa shape index (κ3) is 2.82. The van der Waals surface area contributed by atoms with Gasteiger partial charge in [-0.3, -0.25) is 4.57 Å². The van der Waals surface area contributed by atoms with Gasteiger partial charge in [0.1, 0.15) is 6.54 Å². The summed E-state index contributed by atoms with van der Waals surface area (Å²) in [5.74, 6) is -0.890. The highest BCUT2D eigenvalue weighted by atomic mass is 19.4. The van der Waals surface area contributed by atoms with Gasteiger partial charge in [0.15, 0.2) is 0 Å². The molecule has 15 heavy (non-hydrogen) atoms. The number of hydrogen-bond acceptors (Lipinski definition) is 4. The molecule has 0 amide bonds. The highest BCUT2D eigenvalue weighted by Crippen LogP contribution is 2.23. The third-order valence-electron chi connectivity index (χ3n) is 1.55. The maximum absolute atomic E-state index is 11.9. The van der Waals surface area contributed by atoms with E-state index in [2.05, 4.69) is 4.98 Å². The molecule has 0 spiro atoms. The van der Waals surface area contributed by atoms with E-state index in [0.29, 0.717) is 0 Å². The number of anilines is 1. The van der Waals surface area contributed by atoms with Gasteiger partial charge in [-0.15, -0.1) is 0 Å². The Bertz CT molecular complexity index is 373. The molecule has 0 fully saturated rings. The van der Waals surface area contributed by atoms with Crippen LogP contribution in [0, 0.1) is 10.1 Å². The summed E-state index contributed by atoms with van der Waals surface area (Å²) < 4.78 is 36.7. The van der Waals surface area contributed by atoms with Gasteiger partial charge in [-0.25, -0.2) is 0 Å². The van der Waals surface area contributed by atoms with Gasteiger partial charge in [-0.1, -0.05) is 0 Å². The zero-order valence-electron chi connectivity index (χ0n) is 7.58. The molecule has 1 aromatic heterocycles. The summed E-state index contributed by atoms with van der Waals surface area (Å²) >= 11 is 0. The van der Waals surface area contributed by atoms with Crippen molar-refractivity contribution in [3.63, 3.8) is 0 Å². The summed E-state index contributed by atoms with van der Waals surface area (Å²) in [6.45, 7) is -1.34. The smallest absolute Gasteiger partial charge is 0.358 e. The molecule has 84 valence electrons. The van der Waals surface area contributed by atoms with Gasteiger partial charge in [0.2, 0.25) is 12.1 Å². The van der Waals surface area contributed by atoms with Gasteiger partial charge in [0, 0.05) is 7.05 Å². The predicted octanol–water partition coefficient (Wildman–Crippen LogP) is 1.30. The van der Waals surface area contributed by atoms with Crippen LogP contribution in [0.5, 0.6) is 0 Å². The average molecular weight is 224 g/mol. The summed E-state index contributed by atoms with van der Waals surface area (Å²) in [4.78, 5) is 12.9. The predicted molar refractivity (Wildman–Crippen MR) is 44.4 cm³/mol. The molecule has 0 saturated heterocycles. The number of hydrogen-bond donors (Lipinski definition) is 1. The molecule has 0 aliphatic heterocycles. The first-order valence-corrected chi connectivity index (χ1v) is 3.77. The number of aromatic nitrogens is 2. The first kappa shape index (κ1) is 11.3. The molecule has 0 atom stereocenters. The summed E-state index contributed by atoms with van der Waals surface area (Å²) in [5, 5.41) is 12.3. The molecule has 0 aromatic carbocycles. The summed E-state index contributed by atoms with van der Waals surface area (Å²) in [5.41, 5.74) is 0. The number of halogens is 3. The molecule has 1 N–H and O–H groups in total. The van der Waals surface area contributed by atoms with Crippen LogP contribution in [0.1, 0.15) is 0 Å². The van der Waals surface area contributed by atoms with E-state index in [0.717, 1.165) is 10.9 Å². The van der Waals surface area contributed by atoms with Crippen molar-refractivity contribution in [3.8, 4) is 0 Å². The fourth-order valence-electron chi connectivity index (χ4n) is 0.939. The van der Waals surface area contributed by atoms with Crippen LogP contribution in [0.25, 0.3) is 0 Å². The first-order chi connectivity index (χ1) is 6.81. The number of aryl methyl sites for hydroxylation is 1. The zero-order valence-corrected chi connectivity index (χ0v) is 7.58. The summed E-state index contributed by atoms with van der Waals surface area (Å²) in [7, 11) is 1.36. The van der Waals surface area contributed by atoms with Crippen LogP contribution in [-0.4, -0.2) is 27.2 Å². The lowest BCUT2D eigenvalue weighted by atomic mass is 10.5. The molecule has 0 radical (unpaired) electrons. The van der Waals surface area contributed by atoms with Gasteiger partial charge < -0.3 is 15.4 Å². The maximum atomic E-state index is 11.9. The molecule has 0 aliphatic carbocycles. The third-order valence-corrected chi connectivity index (χ3v) is 1.55. The molecule has 6 nitrogen and oxygen atoms in total. The van der Waals surface area contributed by atoms with E-state index in [-0.39, 0.29) is 5.82 Å². The molecule has 0 saturated carbocycles. The van der Waals surface area contributed by atoms with Gasteiger partial charge >= 0.3 is 12.0 Å². The molecule has 9 heteroatoms. The largest absolute Gasteiger partial charge is 0.406 e. The van der Waals surface area contributed by atoms with Crippen LogP contribution in [0.4, 0.5) is 24.8 Å². The SMILES string of the molecule is Cn1cnc([N+](=O)[O-])c1NCC(F)(F)F. The number of alkyl halides is 3. The Balaban J connectivity index is 2.84. The minimum atomic E-state index is -4.43. The van der Waals surface area contributed by atoms with Crippen molar-refractivity contribution in [2.75, 3.05) is 11.9 Å². The van der Waals surface area contributed by atoms with E-state index in [1.54, 1.807) is 0 Å². The Morgan fingerprint density at radius 3 is 2.73 bits per heavy atom. The second-order valence-electron chi connectivity index (χ2n) is 2.75. The lowest BCUT2D eigenvalue weighted by Crippen LogP contribution is -2.22. The van der Waals surface area contributed by atoms with Crippen molar-refractivity contribution in [1.82, 2.24) is 9.55 Å². The van der Waals surface area contributed by atoms with Crippen molar-refractivity contribution in [3.05, 3.63) is 16.4 Å². The number of rotatable bonds is 3. The molecule has 1 heterocycles. The highest BCUT2D eigenvalue weighted by molar-refractivity contribution is 5.52. The zero-order chi connectivity index (χ0) is 11.6. The Morgan fingerprint density at radius 2 is 2.27 bits per heavy atom. The Labute approximate surface area is 81.9 Å². The normalized spacial score (nSPS) is 11.5. The molecule has 0 bridgehead atoms. The lowest BCUT2D eigenvalue weighted by molar-refractivity contribution is -0.388. The van der Waals surface area contributed by atoms with Crippen molar-refractivity contribution in [2.24, 2.45) is 7.05 Å². The standard InChI is InChI=1S/C6H7F3N4O2/c1-12-3-11-5(13(14)15)4(12)10-2-6(7,8)9/h3,10H,2H2,1H3. The summed E-state index contributed by atoms with van der Waals surface area (Å²) in [6, 6.07) is 0. The molecule has 0 aliphatic rings. The number of nitrogens with zero attached hydrogens (tertiary/aromatic N) is 3. The van der Waals surface area contributed by atoms with Gasteiger partial charge in [0.25, 0.3) is 0 Å². The second-order valence-corrected chi connectivity index (χ2v) is 2.75. The van der Waals surface area contributed by atoms with Crippen molar-refractivity contribution in [2.45, 2.75) is 6.18 Å². The fraction of sp³-hybridized carbons (Fsp3) is 0.500. The number of nitro groups is 1. The topological polar surface area (TPSA) is 73.0 Å². The van der Waals surface area contributed by atoms with E-state index < -0.39 is 23.5 Å². The van der Waals surface area contributed by atoms with Crippen LogP contribution in [0.15, 0.2) is 6.33 Å². The van der Waals surface area contributed by atoms with Crippen molar-refractivity contribution >= 4 is 11.6 Å². The molecule has 0 unspecified atom stereocenters. The van der Waals surface area contributed by atoms with Crippen LogP contribution >= 0.6 is 0 Å².